The van der Waals surface area contributed by atoms with Crippen LogP contribution < -0.4 is 20.5 Å². The number of benzene rings is 2. The molecule has 1 saturated heterocycles. The average Bonchev–Trinajstić information content (AvgIpc) is 2.78. The van der Waals surface area contributed by atoms with Gasteiger partial charge >= 0.3 is 0 Å². The number of rotatable bonds is 8. The van der Waals surface area contributed by atoms with Gasteiger partial charge in [0.25, 0.3) is 0 Å². The highest BCUT2D eigenvalue weighted by atomic mass is 16.5. The first-order valence-corrected chi connectivity index (χ1v) is 10.0. The minimum Gasteiger partial charge on any atom is -0.493 e. The van der Waals surface area contributed by atoms with Gasteiger partial charge in [-0.1, -0.05) is 36.4 Å². The van der Waals surface area contributed by atoms with Gasteiger partial charge in [0.15, 0.2) is 11.5 Å². The van der Waals surface area contributed by atoms with E-state index in [0.717, 1.165) is 11.1 Å². The second-order valence-electron chi connectivity index (χ2n) is 7.48. The maximum absolute atomic E-state index is 12.9. The third kappa shape index (κ3) is 5.08. The molecule has 0 aliphatic carbocycles. The molecular formula is C23H30N2O4. The molecule has 0 saturated carbocycles. The Morgan fingerprint density at radius 1 is 1.17 bits per heavy atom. The number of carbonyl (C=O) groups is 1. The van der Waals surface area contributed by atoms with Gasteiger partial charge in [-0.2, -0.15) is 0 Å². The summed E-state index contributed by atoms with van der Waals surface area (Å²) in [5.74, 6) is 1.29. The van der Waals surface area contributed by atoms with Crippen molar-refractivity contribution in [2.24, 2.45) is 11.1 Å². The first-order valence-electron chi connectivity index (χ1n) is 10.0. The quantitative estimate of drug-likeness (QED) is 0.713. The largest absolute Gasteiger partial charge is 0.493 e. The molecule has 2 aromatic rings. The third-order valence-electron chi connectivity index (χ3n) is 5.59. The zero-order valence-electron chi connectivity index (χ0n) is 17.1. The molecule has 3 rings (SSSR count). The zero-order valence-corrected chi connectivity index (χ0v) is 17.1. The van der Waals surface area contributed by atoms with Gasteiger partial charge in [-0.25, -0.2) is 0 Å². The number of carbonyl (C=O) groups excluding carboxylic acids is 1. The number of hydrogen-bond acceptors (Lipinski definition) is 5. The molecule has 1 fully saturated rings. The van der Waals surface area contributed by atoms with Gasteiger partial charge in [-0.3, -0.25) is 4.79 Å². The van der Waals surface area contributed by atoms with Crippen molar-refractivity contribution in [2.45, 2.75) is 32.4 Å². The highest BCUT2D eigenvalue weighted by Crippen LogP contribution is 2.33. The molecule has 0 radical (unpaired) electrons. The highest BCUT2D eigenvalue weighted by Gasteiger charge is 2.39. The molecule has 0 spiro atoms. The van der Waals surface area contributed by atoms with E-state index in [0.29, 0.717) is 50.7 Å². The summed E-state index contributed by atoms with van der Waals surface area (Å²) in [5, 5.41) is 3.12. The van der Waals surface area contributed by atoms with E-state index < -0.39 is 5.41 Å². The van der Waals surface area contributed by atoms with Crippen LogP contribution in [0.15, 0.2) is 48.5 Å². The van der Waals surface area contributed by atoms with Gasteiger partial charge in [0.1, 0.15) is 6.61 Å². The smallest absolute Gasteiger partial charge is 0.228 e. The Morgan fingerprint density at radius 3 is 2.55 bits per heavy atom. The fraction of sp³-hybridized carbons (Fsp3) is 0.435. The number of nitrogens with one attached hydrogen (secondary N) is 1. The van der Waals surface area contributed by atoms with Crippen molar-refractivity contribution in [3.8, 4) is 11.5 Å². The van der Waals surface area contributed by atoms with Crippen LogP contribution >= 0.6 is 0 Å². The SMILES string of the molecule is COc1cc(C(C)NC(=O)C2(CN)CCOCC2)ccc1OCc1ccccc1. The normalized spacial score (nSPS) is 16.7. The van der Waals surface area contributed by atoms with Crippen LogP contribution in [-0.2, 0) is 16.1 Å². The lowest BCUT2D eigenvalue weighted by atomic mass is 9.79. The van der Waals surface area contributed by atoms with Crippen LogP contribution in [0.1, 0.15) is 36.9 Å². The van der Waals surface area contributed by atoms with E-state index in [9.17, 15) is 4.79 Å². The van der Waals surface area contributed by atoms with Crippen LogP contribution in [0.2, 0.25) is 0 Å². The van der Waals surface area contributed by atoms with Crippen molar-refractivity contribution >= 4 is 5.91 Å². The van der Waals surface area contributed by atoms with Crippen molar-refractivity contribution in [2.75, 3.05) is 26.9 Å². The molecule has 2 aromatic carbocycles. The average molecular weight is 399 g/mol. The van der Waals surface area contributed by atoms with Crippen LogP contribution in [0.5, 0.6) is 11.5 Å². The Labute approximate surface area is 172 Å². The van der Waals surface area contributed by atoms with E-state index in [1.807, 2.05) is 55.5 Å². The van der Waals surface area contributed by atoms with E-state index >= 15 is 0 Å². The molecule has 6 heteroatoms. The van der Waals surface area contributed by atoms with Gasteiger partial charge in [0, 0.05) is 19.8 Å². The lowest BCUT2D eigenvalue weighted by molar-refractivity contribution is -0.136. The topological polar surface area (TPSA) is 82.8 Å². The molecular weight excluding hydrogens is 368 g/mol. The fourth-order valence-electron chi connectivity index (χ4n) is 3.53. The molecule has 3 N–H and O–H groups in total. The molecule has 1 amide bonds. The van der Waals surface area contributed by atoms with Crippen LogP contribution in [0, 0.1) is 5.41 Å². The van der Waals surface area contributed by atoms with E-state index in [4.69, 9.17) is 19.9 Å². The molecule has 0 aromatic heterocycles. The Kier molecular flexibility index (Phi) is 7.12. The molecule has 29 heavy (non-hydrogen) atoms. The lowest BCUT2D eigenvalue weighted by Gasteiger charge is -2.35. The molecule has 1 aliphatic heterocycles. The summed E-state index contributed by atoms with van der Waals surface area (Å²) in [6, 6.07) is 15.5. The third-order valence-corrected chi connectivity index (χ3v) is 5.59. The van der Waals surface area contributed by atoms with Crippen molar-refractivity contribution in [3.05, 3.63) is 59.7 Å². The van der Waals surface area contributed by atoms with Crippen LogP contribution in [0.3, 0.4) is 0 Å². The molecule has 156 valence electrons. The summed E-state index contributed by atoms with van der Waals surface area (Å²) < 4.78 is 16.8. The second-order valence-corrected chi connectivity index (χ2v) is 7.48. The number of hydrogen-bond donors (Lipinski definition) is 2. The minimum atomic E-state index is -0.546. The van der Waals surface area contributed by atoms with Crippen LogP contribution in [0.25, 0.3) is 0 Å². The number of nitrogens with two attached hydrogens (primary N) is 1. The van der Waals surface area contributed by atoms with Gasteiger partial charge < -0.3 is 25.3 Å². The van der Waals surface area contributed by atoms with Gasteiger partial charge in [0.05, 0.1) is 18.6 Å². The first-order chi connectivity index (χ1) is 14.1. The lowest BCUT2D eigenvalue weighted by Crippen LogP contribution is -2.49. The van der Waals surface area contributed by atoms with Crippen molar-refractivity contribution in [3.63, 3.8) is 0 Å². The summed E-state index contributed by atoms with van der Waals surface area (Å²) >= 11 is 0. The maximum Gasteiger partial charge on any atom is 0.228 e. The number of amides is 1. The van der Waals surface area contributed by atoms with E-state index in [1.54, 1.807) is 7.11 Å². The zero-order chi connectivity index (χ0) is 20.7. The van der Waals surface area contributed by atoms with E-state index in [2.05, 4.69) is 5.32 Å². The number of methoxy groups -OCH3 is 1. The monoisotopic (exact) mass is 398 g/mol. The summed E-state index contributed by atoms with van der Waals surface area (Å²) in [6.07, 6.45) is 1.30. The first kappa shape index (κ1) is 21.1. The Hall–Kier alpha value is -2.57. The molecule has 6 nitrogen and oxygen atoms in total. The summed E-state index contributed by atoms with van der Waals surface area (Å²) in [6.45, 7) is 3.88. The van der Waals surface area contributed by atoms with Crippen LogP contribution in [0.4, 0.5) is 0 Å². The van der Waals surface area contributed by atoms with Crippen molar-refractivity contribution in [1.29, 1.82) is 0 Å². The summed E-state index contributed by atoms with van der Waals surface area (Å²) in [5.41, 5.74) is 7.43. The molecule has 1 atom stereocenters. The minimum absolute atomic E-state index is 0.0147. The molecule has 1 unspecified atom stereocenters. The van der Waals surface area contributed by atoms with Crippen molar-refractivity contribution < 1.29 is 19.0 Å². The summed E-state index contributed by atoms with van der Waals surface area (Å²) in [4.78, 5) is 12.9. The van der Waals surface area contributed by atoms with Crippen molar-refractivity contribution in [1.82, 2.24) is 5.32 Å². The Balaban J connectivity index is 1.67. The predicted molar refractivity (Wildman–Crippen MR) is 112 cm³/mol. The van der Waals surface area contributed by atoms with E-state index in [1.165, 1.54) is 0 Å². The maximum atomic E-state index is 12.9. The molecule has 1 aliphatic rings. The Bertz CT molecular complexity index is 804. The van der Waals surface area contributed by atoms with Gasteiger partial charge in [-0.15, -0.1) is 0 Å². The van der Waals surface area contributed by atoms with Gasteiger partial charge in [0.2, 0.25) is 5.91 Å². The molecule has 0 bridgehead atoms. The Morgan fingerprint density at radius 2 is 1.90 bits per heavy atom. The second kappa shape index (κ2) is 9.76. The molecule has 1 heterocycles. The standard InChI is InChI=1S/C23H30N2O4/c1-17(25-22(26)23(16-24)10-12-28-13-11-23)19-8-9-20(21(14-19)27-2)29-15-18-6-4-3-5-7-18/h3-9,14,17H,10-13,15-16,24H2,1-2H3,(H,25,26). The summed E-state index contributed by atoms with van der Waals surface area (Å²) in [7, 11) is 1.61. The van der Waals surface area contributed by atoms with Gasteiger partial charge in [-0.05, 0) is 43.0 Å². The van der Waals surface area contributed by atoms with E-state index in [-0.39, 0.29) is 11.9 Å². The highest BCUT2D eigenvalue weighted by molar-refractivity contribution is 5.83. The fourth-order valence-corrected chi connectivity index (χ4v) is 3.53. The van der Waals surface area contributed by atoms with Crippen LogP contribution in [-0.4, -0.2) is 32.8 Å². The number of ether oxygens (including phenoxy) is 3. The predicted octanol–water partition coefficient (Wildman–Crippen LogP) is 3.21.